The summed E-state index contributed by atoms with van der Waals surface area (Å²) >= 11 is 1.62. The molecule has 2 N–H and O–H groups in total. The van der Waals surface area contributed by atoms with E-state index in [0.29, 0.717) is 13.0 Å². The highest BCUT2D eigenvalue weighted by Gasteiger charge is 2.24. The number of aryl methyl sites for hydroxylation is 1. The molecule has 0 saturated carbocycles. The van der Waals surface area contributed by atoms with Crippen molar-refractivity contribution in [3.8, 4) is 0 Å². The van der Waals surface area contributed by atoms with Crippen molar-refractivity contribution in [3.63, 3.8) is 0 Å². The Labute approximate surface area is 113 Å². The minimum atomic E-state index is -0.115. The van der Waals surface area contributed by atoms with E-state index < -0.39 is 0 Å². The predicted molar refractivity (Wildman–Crippen MR) is 75.4 cm³/mol. The van der Waals surface area contributed by atoms with Gasteiger partial charge in [0.25, 0.3) is 0 Å². The second-order valence-corrected chi connectivity index (χ2v) is 7.09. The van der Waals surface area contributed by atoms with Crippen molar-refractivity contribution in [1.82, 2.24) is 9.88 Å². The van der Waals surface area contributed by atoms with Gasteiger partial charge in [-0.1, -0.05) is 20.8 Å². The average molecular weight is 269 g/mol. The Kier molecular flexibility index (Phi) is 4.87. The lowest BCUT2D eigenvalue weighted by Crippen LogP contribution is -2.40. The largest absolute Gasteiger partial charge is 0.341 e. The molecule has 1 aromatic rings. The first-order chi connectivity index (χ1) is 8.20. The molecule has 0 bridgehead atoms. The Morgan fingerprint density at radius 1 is 1.56 bits per heavy atom. The lowest BCUT2D eigenvalue weighted by Gasteiger charge is -2.28. The van der Waals surface area contributed by atoms with Crippen LogP contribution < -0.4 is 5.73 Å². The predicted octanol–water partition coefficient (Wildman–Crippen LogP) is 2.17. The molecule has 1 amide bonds. The number of aromatic nitrogens is 1. The molecule has 0 spiro atoms. The quantitative estimate of drug-likeness (QED) is 0.911. The molecule has 1 rings (SSSR count). The van der Waals surface area contributed by atoms with Crippen LogP contribution in [0.2, 0.25) is 0 Å². The van der Waals surface area contributed by atoms with Crippen molar-refractivity contribution >= 4 is 17.2 Å². The van der Waals surface area contributed by atoms with E-state index in [2.05, 4.69) is 25.8 Å². The van der Waals surface area contributed by atoms with Crippen LogP contribution in [-0.2, 0) is 11.3 Å². The van der Waals surface area contributed by atoms with E-state index in [0.717, 1.165) is 9.88 Å². The zero-order chi connectivity index (χ0) is 13.9. The van der Waals surface area contributed by atoms with Gasteiger partial charge in [-0.3, -0.25) is 4.79 Å². The van der Waals surface area contributed by atoms with Gasteiger partial charge in [-0.05, 0) is 12.3 Å². The summed E-state index contributed by atoms with van der Waals surface area (Å²) in [5, 5.41) is 1.03. The van der Waals surface area contributed by atoms with Gasteiger partial charge in [0.2, 0.25) is 5.91 Å². The van der Waals surface area contributed by atoms with Crippen molar-refractivity contribution < 1.29 is 4.79 Å². The number of hydrogen-bond donors (Lipinski definition) is 1. The maximum atomic E-state index is 12.0. The van der Waals surface area contributed by atoms with Gasteiger partial charge in [0.15, 0.2) is 0 Å². The Bertz CT molecular complexity index is 409. The van der Waals surface area contributed by atoms with Crippen LogP contribution in [0.4, 0.5) is 0 Å². The van der Waals surface area contributed by atoms with Crippen LogP contribution in [-0.4, -0.2) is 28.9 Å². The summed E-state index contributed by atoms with van der Waals surface area (Å²) in [6, 6.07) is -0.115. The highest BCUT2D eigenvalue weighted by atomic mass is 32.1. The van der Waals surface area contributed by atoms with Crippen LogP contribution in [0.5, 0.6) is 0 Å². The molecule has 0 saturated heterocycles. The molecule has 1 atom stereocenters. The van der Waals surface area contributed by atoms with E-state index in [9.17, 15) is 4.79 Å². The number of hydrogen-bond acceptors (Lipinski definition) is 4. The standard InChI is InChI=1S/C13H23N3OS/c1-9-15-7-10(18-9)8-16(5)12(17)6-11(14)13(2,3)4/h7,11H,6,8,14H2,1-5H3. The molecule has 18 heavy (non-hydrogen) atoms. The van der Waals surface area contributed by atoms with Crippen LogP contribution in [0.1, 0.15) is 37.1 Å². The topological polar surface area (TPSA) is 59.2 Å². The zero-order valence-corrected chi connectivity index (χ0v) is 12.7. The summed E-state index contributed by atoms with van der Waals surface area (Å²) in [5.74, 6) is 0.0866. The number of rotatable bonds is 4. The maximum absolute atomic E-state index is 12.0. The van der Waals surface area contributed by atoms with Gasteiger partial charge < -0.3 is 10.6 Å². The first-order valence-corrected chi connectivity index (χ1v) is 6.92. The summed E-state index contributed by atoms with van der Waals surface area (Å²) in [6.07, 6.45) is 2.21. The van der Waals surface area contributed by atoms with Crippen LogP contribution in [0, 0.1) is 12.3 Å². The monoisotopic (exact) mass is 269 g/mol. The smallest absolute Gasteiger partial charge is 0.224 e. The molecule has 0 radical (unpaired) electrons. The lowest BCUT2D eigenvalue weighted by molar-refractivity contribution is -0.131. The molecular weight excluding hydrogens is 246 g/mol. The number of nitrogens with zero attached hydrogens (tertiary/aromatic N) is 2. The molecule has 5 heteroatoms. The van der Waals surface area contributed by atoms with Gasteiger partial charge in [0.1, 0.15) is 0 Å². The van der Waals surface area contributed by atoms with Crippen molar-refractivity contribution in [3.05, 3.63) is 16.1 Å². The summed E-state index contributed by atoms with van der Waals surface area (Å²) in [7, 11) is 1.81. The second kappa shape index (κ2) is 5.80. The second-order valence-electron chi connectivity index (χ2n) is 5.77. The van der Waals surface area contributed by atoms with Gasteiger partial charge in [-0.2, -0.15) is 0 Å². The Hall–Kier alpha value is -0.940. The lowest BCUT2D eigenvalue weighted by atomic mass is 9.85. The first-order valence-electron chi connectivity index (χ1n) is 6.11. The van der Waals surface area contributed by atoms with Gasteiger partial charge in [-0.25, -0.2) is 4.98 Å². The highest BCUT2D eigenvalue weighted by molar-refractivity contribution is 7.11. The fourth-order valence-electron chi connectivity index (χ4n) is 1.45. The van der Waals surface area contributed by atoms with E-state index in [1.54, 1.807) is 16.2 Å². The molecule has 0 aliphatic carbocycles. The fourth-order valence-corrected chi connectivity index (χ4v) is 2.30. The van der Waals surface area contributed by atoms with Crippen molar-refractivity contribution in [1.29, 1.82) is 0 Å². The number of thiazole rings is 1. The minimum absolute atomic E-state index is 0.0441. The first kappa shape index (κ1) is 15.1. The molecule has 0 aromatic carbocycles. The van der Waals surface area contributed by atoms with Crippen molar-refractivity contribution in [2.45, 2.75) is 46.7 Å². The van der Waals surface area contributed by atoms with Gasteiger partial charge in [-0.15, -0.1) is 11.3 Å². The molecule has 1 aromatic heterocycles. The summed E-state index contributed by atoms with van der Waals surface area (Å²) in [5.41, 5.74) is 5.99. The molecular formula is C13H23N3OS. The van der Waals surface area contributed by atoms with E-state index in [1.165, 1.54) is 0 Å². The third-order valence-corrected chi connectivity index (χ3v) is 3.89. The molecule has 1 heterocycles. The van der Waals surface area contributed by atoms with Crippen molar-refractivity contribution in [2.75, 3.05) is 7.05 Å². The van der Waals surface area contributed by atoms with Gasteiger partial charge >= 0.3 is 0 Å². The Morgan fingerprint density at radius 2 is 2.17 bits per heavy atom. The van der Waals surface area contributed by atoms with Crippen LogP contribution in [0.25, 0.3) is 0 Å². The maximum Gasteiger partial charge on any atom is 0.224 e. The third-order valence-electron chi connectivity index (χ3n) is 2.99. The van der Waals surface area contributed by atoms with Crippen LogP contribution in [0.3, 0.4) is 0 Å². The zero-order valence-electron chi connectivity index (χ0n) is 11.9. The molecule has 0 aliphatic rings. The average Bonchev–Trinajstić information content (AvgIpc) is 2.62. The Balaban J connectivity index is 2.52. The molecule has 102 valence electrons. The normalized spacial score (nSPS) is 13.4. The van der Waals surface area contributed by atoms with Crippen LogP contribution >= 0.6 is 11.3 Å². The summed E-state index contributed by atoms with van der Waals surface area (Å²) in [6.45, 7) is 8.74. The highest BCUT2D eigenvalue weighted by Crippen LogP contribution is 2.21. The van der Waals surface area contributed by atoms with Crippen LogP contribution in [0.15, 0.2) is 6.20 Å². The number of amides is 1. The molecule has 0 fully saturated rings. The van der Waals surface area contributed by atoms with E-state index in [4.69, 9.17) is 5.73 Å². The molecule has 0 aliphatic heterocycles. The SMILES string of the molecule is Cc1ncc(CN(C)C(=O)CC(N)C(C)(C)C)s1. The van der Waals surface area contributed by atoms with E-state index in [1.807, 2.05) is 20.2 Å². The Morgan fingerprint density at radius 3 is 2.61 bits per heavy atom. The van der Waals surface area contributed by atoms with E-state index in [-0.39, 0.29) is 17.4 Å². The van der Waals surface area contributed by atoms with Gasteiger partial charge in [0.05, 0.1) is 11.6 Å². The molecule has 4 nitrogen and oxygen atoms in total. The number of carbonyl (C=O) groups is 1. The van der Waals surface area contributed by atoms with E-state index >= 15 is 0 Å². The molecule has 1 unspecified atom stereocenters. The third kappa shape index (κ3) is 4.38. The summed E-state index contributed by atoms with van der Waals surface area (Å²) < 4.78 is 0. The number of nitrogens with two attached hydrogens (primary N) is 1. The van der Waals surface area contributed by atoms with Crippen molar-refractivity contribution in [2.24, 2.45) is 11.1 Å². The fraction of sp³-hybridized carbons (Fsp3) is 0.692. The van der Waals surface area contributed by atoms with Gasteiger partial charge in [0, 0.05) is 30.6 Å². The number of carbonyl (C=O) groups excluding carboxylic acids is 1. The minimum Gasteiger partial charge on any atom is -0.341 e. The summed E-state index contributed by atoms with van der Waals surface area (Å²) in [4.78, 5) is 19.1.